The van der Waals surface area contributed by atoms with Crippen molar-refractivity contribution in [3.63, 3.8) is 0 Å². The summed E-state index contributed by atoms with van der Waals surface area (Å²) in [5, 5.41) is 6.07. The van der Waals surface area contributed by atoms with Crippen LogP contribution in [0.2, 0.25) is 0 Å². The number of hydrogen-bond acceptors (Lipinski definition) is 4. The van der Waals surface area contributed by atoms with E-state index in [2.05, 4.69) is 31.1 Å². The van der Waals surface area contributed by atoms with Crippen LogP contribution in [0.25, 0.3) is 0 Å². The Bertz CT molecular complexity index is 420. The number of urea groups is 1. The van der Waals surface area contributed by atoms with Crippen LogP contribution in [-0.4, -0.2) is 46.0 Å². The lowest BCUT2D eigenvalue weighted by Crippen LogP contribution is -2.50. The van der Waals surface area contributed by atoms with E-state index in [1.807, 2.05) is 28.2 Å². The molecule has 4 nitrogen and oxygen atoms in total. The second-order valence-corrected chi connectivity index (χ2v) is 8.22. The average molecular weight is 299 g/mol. The van der Waals surface area contributed by atoms with Crippen molar-refractivity contribution in [2.24, 2.45) is 0 Å². The first-order valence-electron chi connectivity index (χ1n) is 6.54. The number of nitrogens with one attached hydrogen (secondary N) is 1. The summed E-state index contributed by atoms with van der Waals surface area (Å²) in [6.07, 6.45) is 1.81. The summed E-state index contributed by atoms with van der Waals surface area (Å²) in [6, 6.07) is 0.0526. The normalized spacial score (nSPS) is 20.1. The van der Waals surface area contributed by atoms with Crippen molar-refractivity contribution in [1.29, 1.82) is 0 Å². The molecule has 0 unspecified atom stereocenters. The number of carbonyl (C=O) groups excluding carboxylic acids is 1. The lowest BCUT2D eigenvalue weighted by atomic mass is 10.2. The lowest BCUT2D eigenvalue weighted by molar-refractivity contribution is 0.194. The third kappa shape index (κ3) is 4.11. The highest BCUT2D eigenvalue weighted by Crippen LogP contribution is 2.29. The van der Waals surface area contributed by atoms with Crippen LogP contribution < -0.4 is 5.32 Å². The van der Waals surface area contributed by atoms with E-state index in [4.69, 9.17) is 0 Å². The van der Waals surface area contributed by atoms with Gasteiger partial charge in [0.05, 0.1) is 5.01 Å². The van der Waals surface area contributed by atoms with Gasteiger partial charge in [-0.05, 0) is 13.8 Å². The number of rotatable bonds is 3. The summed E-state index contributed by atoms with van der Waals surface area (Å²) in [5.41, 5.74) is 0. The van der Waals surface area contributed by atoms with Crippen molar-refractivity contribution in [2.75, 3.05) is 25.4 Å². The van der Waals surface area contributed by atoms with Crippen LogP contribution in [0.1, 0.15) is 31.7 Å². The van der Waals surface area contributed by atoms with Gasteiger partial charge >= 0.3 is 6.03 Å². The summed E-state index contributed by atoms with van der Waals surface area (Å²) < 4.78 is 0.163. The number of aromatic nitrogens is 1. The highest BCUT2D eigenvalue weighted by atomic mass is 32.2. The molecule has 1 saturated heterocycles. The first-order chi connectivity index (χ1) is 8.98. The third-order valence-corrected chi connectivity index (χ3v) is 5.45. The van der Waals surface area contributed by atoms with Gasteiger partial charge in [0.25, 0.3) is 0 Å². The molecule has 1 atom stereocenters. The minimum absolute atomic E-state index is 0.0526. The third-order valence-electron chi connectivity index (χ3n) is 3.15. The molecule has 0 spiro atoms. The Morgan fingerprint density at radius 2 is 2.42 bits per heavy atom. The fraction of sp³-hybridized carbons (Fsp3) is 0.692. The molecule has 1 aromatic heterocycles. The fourth-order valence-corrected chi connectivity index (χ4v) is 3.92. The second kappa shape index (κ2) is 6.13. The van der Waals surface area contributed by atoms with Gasteiger partial charge in [0.1, 0.15) is 0 Å². The Labute approximate surface area is 123 Å². The maximum atomic E-state index is 12.1. The van der Waals surface area contributed by atoms with Crippen LogP contribution in [0.4, 0.5) is 4.79 Å². The molecular weight excluding hydrogens is 278 g/mol. The van der Waals surface area contributed by atoms with Crippen LogP contribution in [0.5, 0.6) is 0 Å². The van der Waals surface area contributed by atoms with Crippen LogP contribution in [0, 0.1) is 0 Å². The van der Waals surface area contributed by atoms with Crippen molar-refractivity contribution in [1.82, 2.24) is 15.2 Å². The van der Waals surface area contributed by atoms with Crippen LogP contribution in [0.15, 0.2) is 11.6 Å². The molecule has 0 aromatic carbocycles. The Morgan fingerprint density at radius 3 is 3.05 bits per heavy atom. The minimum Gasteiger partial charge on any atom is -0.337 e. The van der Waals surface area contributed by atoms with Crippen molar-refractivity contribution in [2.45, 2.75) is 31.4 Å². The van der Waals surface area contributed by atoms with E-state index in [0.717, 1.165) is 23.8 Å². The molecule has 1 fully saturated rings. The molecule has 19 heavy (non-hydrogen) atoms. The number of thioether (sulfide) groups is 1. The molecule has 2 rings (SSSR count). The summed E-state index contributed by atoms with van der Waals surface area (Å²) in [4.78, 5) is 18.4. The van der Waals surface area contributed by atoms with Crippen molar-refractivity contribution in [3.05, 3.63) is 16.6 Å². The van der Waals surface area contributed by atoms with Gasteiger partial charge in [-0.2, -0.15) is 11.8 Å². The smallest absolute Gasteiger partial charge is 0.317 e. The maximum Gasteiger partial charge on any atom is 0.317 e. The molecule has 2 amide bonds. The van der Waals surface area contributed by atoms with E-state index in [0.29, 0.717) is 6.54 Å². The second-order valence-electron chi connectivity index (χ2n) is 5.49. The topological polar surface area (TPSA) is 45.2 Å². The number of carbonyl (C=O) groups is 1. The maximum absolute atomic E-state index is 12.1. The number of amides is 2. The van der Waals surface area contributed by atoms with Crippen molar-refractivity contribution >= 4 is 29.1 Å². The fourth-order valence-electron chi connectivity index (χ4n) is 2.11. The van der Waals surface area contributed by atoms with E-state index in [1.165, 1.54) is 0 Å². The highest BCUT2D eigenvalue weighted by molar-refractivity contribution is 8.00. The van der Waals surface area contributed by atoms with E-state index in [-0.39, 0.29) is 16.7 Å². The molecule has 0 radical (unpaired) electrons. The number of hydrogen-bond donors (Lipinski definition) is 1. The van der Waals surface area contributed by atoms with E-state index < -0.39 is 0 Å². The first kappa shape index (κ1) is 14.7. The SMILES string of the molecule is C[C@H](CNC(=O)N1CCSC(C)(C)C1)c1nccs1. The van der Waals surface area contributed by atoms with E-state index >= 15 is 0 Å². The standard InChI is InChI=1S/C13H21N3OS2/c1-10(11-14-4-6-18-11)8-15-12(17)16-5-7-19-13(2,3)9-16/h4,6,10H,5,7-9H2,1-3H3,(H,15,17)/t10-/m1/s1. The number of nitrogens with zero attached hydrogens (tertiary/aromatic N) is 2. The Hall–Kier alpha value is -0.750. The van der Waals surface area contributed by atoms with Crippen molar-refractivity contribution < 1.29 is 4.79 Å². The summed E-state index contributed by atoms with van der Waals surface area (Å²) in [5.74, 6) is 1.29. The van der Waals surface area contributed by atoms with E-state index in [1.54, 1.807) is 11.3 Å². The predicted octanol–water partition coefficient (Wildman–Crippen LogP) is 2.78. The Kier molecular flexibility index (Phi) is 4.73. The van der Waals surface area contributed by atoms with Crippen LogP contribution in [0.3, 0.4) is 0 Å². The molecule has 0 saturated carbocycles. The molecule has 2 heterocycles. The Morgan fingerprint density at radius 1 is 1.63 bits per heavy atom. The van der Waals surface area contributed by atoms with E-state index in [9.17, 15) is 4.79 Å². The molecule has 0 aliphatic carbocycles. The first-order valence-corrected chi connectivity index (χ1v) is 8.40. The van der Waals surface area contributed by atoms with Gasteiger partial charge in [-0.15, -0.1) is 11.3 Å². The molecule has 0 bridgehead atoms. The molecule has 1 aliphatic rings. The zero-order chi connectivity index (χ0) is 13.9. The molecular formula is C13H21N3OS2. The zero-order valence-electron chi connectivity index (χ0n) is 11.7. The van der Waals surface area contributed by atoms with Gasteiger partial charge in [0.2, 0.25) is 0 Å². The molecule has 106 valence electrons. The predicted molar refractivity (Wildman–Crippen MR) is 82.0 cm³/mol. The van der Waals surface area contributed by atoms with Crippen molar-refractivity contribution in [3.8, 4) is 0 Å². The van der Waals surface area contributed by atoms with Crippen LogP contribution in [-0.2, 0) is 0 Å². The number of thiazole rings is 1. The van der Waals surface area contributed by atoms with Gasteiger partial charge in [0.15, 0.2) is 0 Å². The van der Waals surface area contributed by atoms with Gasteiger partial charge in [-0.1, -0.05) is 6.92 Å². The highest BCUT2D eigenvalue weighted by Gasteiger charge is 2.29. The van der Waals surface area contributed by atoms with Gasteiger partial charge in [-0.25, -0.2) is 9.78 Å². The summed E-state index contributed by atoms with van der Waals surface area (Å²) >= 11 is 3.57. The molecule has 1 aliphatic heterocycles. The largest absolute Gasteiger partial charge is 0.337 e. The molecule has 1 N–H and O–H groups in total. The van der Waals surface area contributed by atoms with Gasteiger partial charge in [0, 0.05) is 47.6 Å². The molecule has 1 aromatic rings. The summed E-state index contributed by atoms with van der Waals surface area (Å²) in [7, 11) is 0. The van der Waals surface area contributed by atoms with Gasteiger partial charge < -0.3 is 10.2 Å². The lowest BCUT2D eigenvalue weighted by Gasteiger charge is -2.37. The monoisotopic (exact) mass is 299 g/mol. The average Bonchev–Trinajstić information content (AvgIpc) is 2.88. The van der Waals surface area contributed by atoms with Crippen LogP contribution >= 0.6 is 23.1 Å². The summed E-state index contributed by atoms with van der Waals surface area (Å²) in [6.45, 7) is 8.77. The molecule has 6 heteroatoms. The van der Waals surface area contributed by atoms with Gasteiger partial charge in [-0.3, -0.25) is 0 Å². The quantitative estimate of drug-likeness (QED) is 0.933. The Balaban J connectivity index is 1.81. The zero-order valence-corrected chi connectivity index (χ0v) is 13.3. The minimum atomic E-state index is 0.0526.